The average Bonchev–Trinajstić information content (AvgIpc) is 3.27. The summed E-state index contributed by atoms with van der Waals surface area (Å²) in [5, 5.41) is 4.07. The minimum atomic E-state index is -0.579. The Morgan fingerprint density at radius 2 is 1.73 bits per heavy atom. The van der Waals surface area contributed by atoms with Gasteiger partial charge in [-0.2, -0.15) is 0 Å². The molecule has 2 aromatic rings. The summed E-state index contributed by atoms with van der Waals surface area (Å²) in [5.41, 5.74) is 0.871. The van der Waals surface area contributed by atoms with Gasteiger partial charge in [0.25, 0.3) is 11.8 Å². The number of esters is 1. The average molecular weight is 424 g/mol. The normalized spacial score (nSPS) is 31.3. The van der Waals surface area contributed by atoms with E-state index in [9.17, 15) is 14.4 Å². The highest BCUT2D eigenvalue weighted by atomic mass is 32.1. The van der Waals surface area contributed by atoms with Gasteiger partial charge in [-0.3, -0.25) is 19.7 Å². The molecule has 4 saturated carbocycles. The topological polar surface area (TPSA) is 72.5 Å². The van der Waals surface area contributed by atoms with Gasteiger partial charge in [-0.1, -0.05) is 36.4 Å². The van der Waals surface area contributed by atoms with Crippen LogP contribution in [0.3, 0.4) is 0 Å². The zero-order valence-electron chi connectivity index (χ0n) is 16.8. The van der Waals surface area contributed by atoms with Gasteiger partial charge in [0.15, 0.2) is 6.61 Å². The molecular weight excluding hydrogens is 398 g/mol. The van der Waals surface area contributed by atoms with Gasteiger partial charge in [-0.05, 0) is 72.8 Å². The Kier molecular flexibility index (Phi) is 4.77. The highest BCUT2D eigenvalue weighted by Crippen LogP contribution is 2.66. The van der Waals surface area contributed by atoms with Crippen LogP contribution in [0.15, 0.2) is 47.8 Å². The lowest BCUT2D eigenvalue weighted by Gasteiger charge is -2.61. The van der Waals surface area contributed by atoms with Gasteiger partial charge in [-0.25, -0.2) is 0 Å². The first kappa shape index (κ1) is 19.5. The van der Waals surface area contributed by atoms with E-state index in [4.69, 9.17) is 4.74 Å². The van der Waals surface area contributed by atoms with E-state index in [1.54, 1.807) is 17.5 Å². The van der Waals surface area contributed by atoms with Crippen LogP contribution < -0.4 is 5.32 Å². The Morgan fingerprint density at radius 1 is 1.00 bits per heavy atom. The van der Waals surface area contributed by atoms with Crippen molar-refractivity contribution in [2.24, 2.45) is 17.3 Å². The van der Waals surface area contributed by atoms with Crippen LogP contribution in [-0.4, -0.2) is 24.4 Å². The molecule has 4 fully saturated rings. The van der Waals surface area contributed by atoms with Crippen molar-refractivity contribution >= 4 is 29.1 Å². The third kappa shape index (κ3) is 3.37. The summed E-state index contributed by atoms with van der Waals surface area (Å²) < 4.78 is 5.49. The van der Waals surface area contributed by atoms with E-state index in [1.165, 1.54) is 23.3 Å². The second kappa shape index (κ2) is 7.34. The van der Waals surface area contributed by atoms with Crippen molar-refractivity contribution in [1.29, 1.82) is 0 Å². The fourth-order valence-corrected chi connectivity index (χ4v) is 7.17. The molecule has 1 aromatic heterocycles. The highest BCUT2D eigenvalue weighted by Gasteiger charge is 2.61. The molecule has 4 aliphatic rings. The molecule has 30 heavy (non-hydrogen) atoms. The van der Waals surface area contributed by atoms with E-state index in [0.29, 0.717) is 16.7 Å². The van der Waals surface area contributed by atoms with Gasteiger partial charge in [0.05, 0.1) is 10.3 Å². The largest absolute Gasteiger partial charge is 0.455 e. The summed E-state index contributed by atoms with van der Waals surface area (Å²) in [7, 11) is 0. The Balaban J connectivity index is 1.27. The molecule has 156 valence electrons. The molecule has 2 unspecified atom stereocenters. The van der Waals surface area contributed by atoms with E-state index in [0.717, 1.165) is 32.1 Å². The number of thiophene rings is 1. The van der Waals surface area contributed by atoms with Crippen LogP contribution in [0.1, 0.15) is 53.8 Å². The van der Waals surface area contributed by atoms with Crippen LogP contribution in [0.25, 0.3) is 0 Å². The molecule has 1 N–H and O–H groups in total. The van der Waals surface area contributed by atoms with E-state index in [1.807, 2.05) is 6.07 Å². The number of carbonyl (C=O) groups excluding carboxylic acids is 3. The van der Waals surface area contributed by atoms with Gasteiger partial charge in [0, 0.05) is 0 Å². The summed E-state index contributed by atoms with van der Waals surface area (Å²) in [6.07, 6.45) is 5.97. The van der Waals surface area contributed by atoms with Crippen LogP contribution in [0.4, 0.5) is 0 Å². The maximum absolute atomic E-state index is 13.2. The molecular formula is C24H25NO4S. The van der Waals surface area contributed by atoms with Crippen LogP contribution in [0, 0.1) is 17.3 Å². The summed E-state index contributed by atoms with van der Waals surface area (Å²) in [5.74, 6) is -0.231. The second-order valence-corrected chi connectivity index (χ2v) is 10.3. The first-order valence-corrected chi connectivity index (χ1v) is 11.5. The predicted octanol–water partition coefficient (Wildman–Crippen LogP) is 4.09. The van der Waals surface area contributed by atoms with Gasteiger partial charge in [-0.15, -0.1) is 11.3 Å². The Morgan fingerprint density at radius 3 is 2.40 bits per heavy atom. The molecule has 6 rings (SSSR count). The molecule has 1 aromatic carbocycles. The highest BCUT2D eigenvalue weighted by molar-refractivity contribution is 7.12. The van der Waals surface area contributed by atoms with Crippen molar-refractivity contribution in [2.45, 2.75) is 43.9 Å². The zero-order chi connectivity index (χ0) is 20.8. The maximum atomic E-state index is 13.2. The monoisotopic (exact) mass is 423 g/mol. The van der Waals surface area contributed by atoms with Crippen molar-refractivity contribution in [2.75, 3.05) is 6.61 Å². The summed E-state index contributed by atoms with van der Waals surface area (Å²) in [6.45, 7) is -0.411. The molecule has 5 nitrogen and oxygen atoms in total. The molecule has 0 aliphatic heterocycles. The van der Waals surface area contributed by atoms with Crippen molar-refractivity contribution in [1.82, 2.24) is 5.32 Å². The molecule has 4 atom stereocenters. The maximum Gasteiger partial charge on any atom is 0.312 e. The number of benzene rings is 1. The van der Waals surface area contributed by atoms with Gasteiger partial charge >= 0.3 is 5.97 Å². The quantitative estimate of drug-likeness (QED) is 0.736. The SMILES string of the molecule is O=C(COC(=O)C12C[C@H]3C[C@@H](C1)CC(c1ccccc1)(C3)C2)NC(=O)c1cccs1. The number of imide groups is 1. The molecule has 0 saturated heterocycles. The van der Waals surface area contributed by atoms with Crippen molar-refractivity contribution in [3.63, 3.8) is 0 Å². The lowest BCUT2D eigenvalue weighted by Crippen LogP contribution is -2.57. The van der Waals surface area contributed by atoms with E-state index in [2.05, 4.69) is 29.6 Å². The van der Waals surface area contributed by atoms with E-state index < -0.39 is 23.8 Å². The second-order valence-electron chi connectivity index (χ2n) is 9.32. The van der Waals surface area contributed by atoms with Crippen LogP contribution >= 0.6 is 11.3 Å². The number of ether oxygens (including phenoxy) is 1. The Bertz CT molecular complexity index is 954. The minimum Gasteiger partial charge on any atom is -0.455 e. The molecule has 0 spiro atoms. The van der Waals surface area contributed by atoms with Crippen LogP contribution in [0.5, 0.6) is 0 Å². The minimum absolute atomic E-state index is 0.0434. The number of hydrogen-bond donors (Lipinski definition) is 1. The van der Waals surface area contributed by atoms with Crippen LogP contribution in [0.2, 0.25) is 0 Å². The first-order chi connectivity index (χ1) is 14.5. The van der Waals surface area contributed by atoms with Gasteiger partial charge in [0.1, 0.15) is 0 Å². The molecule has 4 aliphatic carbocycles. The fourth-order valence-electron chi connectivity index (χ4n) is 6.55. The third-order valence-corrected chi connectivity index (χ3v) is 8.08. The summed E-state index contributed by atoms with van der Waals surface area (Å²) >= 11 is 1.26. The lowest BCUT2D eigenvalue weighted by atomic mass is 9.43. The van der Waals surface area contributed by atoms with Crippen molar-refractivity contribution in [3.8, 4) is 0 Å². The number of nitrogens with one attached hydrogen (secondary N) is 1. The molecule has 0 radical (unpaired) electrons. The van der Waals surface area contributed by atoms with E-state index in [-0.39, 0.29) is 11.4 Å². The lowest BCUT2D eigenvalue weighted by molar-refractivity contribution is -0.175. The van der Waals surface area contributed by atoms with Crippen LogP contribution in [-0.2, 0) is 19.7 Å². The smallest absolute Gasteiger partial charge is 0.312 e. The summed E-state index contributed by atoms with van der Waals surface area (Å²) in [4.78, 5) is 37.8. The molecule has 6 heteroatoms. The number of carbonyl (C=O) groups is 3. The van der Waals surface area contributed by atoms with E-state index >= 15 is 0 Å². The number of rotatable bonds is 5. The van der Waals surface area contributed by atoms with Crippen molar-refractivity contribution < 1.29 is 19.1 Å². The van der Waals surface area contributed by atoms with Gasteiger partial charge < -0.3 is 4.74 Å². The first-order valence-electron chi connectivity index (χ1n) is 10.6. The summed E-state index contributed by atoms with van der Waals surface area (Å²) in [6, 6.07) is 14.0. The molecule has 1 heterocycles. The number of amides is 2. The van der Waals surface area contributed by atoms with Crippen molar-refractivity contribution in [3.05, 3.63) is 58.3 Å². The zero-order valence-corrected chi connectivity index (χ0v) is 17.6. The number of hydrogen-bond acceptors (Lipinski definition) is 5. The third-order valence-electron chi connectivity index (χ3n) is 7.21. The molecule has 4 bridgehead atoms. The fraction of sp³-hybridized carbons (Fsp3) is 0.458. The predicted molar refractivity (Wildman–Crippen MR) is 113 cm³/mol. The van der Waals surface area contributed by atoms with Gasteiger partial charge in [0.2, 0.25) is 0 Å². The molecule has 2 amide bonds. The Labute approximate surface area is 179 Å². The standard InChI is InChI=1S/C24H25NO4S/c26-20(25-21(27)19-7-4-8-30-19)14-29-22(28)24-12-16-9-17(13-24)11-23(10-16,15-24)18-5-2-1-3-6-18/h1-8,16-17H,9-15H2,(H,25,26,27)/t16-,17+,23?,24?. The Hall–Kier alpha value is -2.47.